The number of nitrogens with zero attached hydrogens (tertiary/aromatic N) is 2. The van der Waals surface area contributed by atoms with E-state index < -0.39 is 5.82 Å². The Balaban J connectivity index is 2.22. The predicted octanol–water partition coefficient (Wildman–Crippen LogP) is 4.56. The lowest BCUT2D eigenvalue weighted by molar-refractivity contribution is -0.116. The number of pyridine rings is 1. The first-order valence-corrected chi connectivity index (χ1v) is 7.32. The number of fused-ring (bicyclic) bond motifs is 2. The van der Waals surface area contributed by atoms with Gasteiger partial charge in [-0.2, -0.15) is 0 Å². The van der Waals surface area contributed by atoms with Crippen LogP contribution in [0.4, 0.5) is 10.1 Å². The topological polar surface area (TPSA) is 33.2 Å². The summed E-state index contributed by atoms with van der Waals surface area (Å²) in [5, 5.41) is 0.342. The zero-order valence-corrected chi connectivity index (χ0v) is 13.1. The number of aromatic nitrogens is 1. The van der Waals surface area contributed by atoms with E-state index in [1.54, 1.807) is 29.2 Å². The van der Waals surface area contributed by atoms with E-state index in [-0.39, 0.29) is 17.6 Å². The summed E-state index contributed by atoms with van der Waals surface area (Å²) in [7, 11) is 0. The Morgan fingerprint density at radius 1 is 1.27 bits per heavy atom. The SMILES string of the molecule is CC(=O)N1Cc2cc(F)c(Cl)nc2C=Cc2ccc(Cl)cc21. The number of amides is 1. The number of carbonyl (C=O) groups is 1. The van der Waals surface area contributed by atoms with E-state index >= 15 is 0 Å². The molecule has 0 saturated heterocycles. The average Bonchev–Trinajstić information content (AvgIpc) is 2.45. The fraction of sp³-hybridized carbons (Fsp3) is 0.125. The monoisotopic (exact) mass is 336 g/mol. The number of hydrogen-bond donors (Lipinski definition) is 0. The Labute approximate surface area is 137 Å². The lowest BCUT2D eigenvalue weighted by Crippen LogP contribution is -2.29. The van der Waals surface area contributed by atoms with Crippen molar-refractivity contribution in [1.29, 1.82) is 0 Å². The number of carbonyl (C=O) groups excluding carboxylic acids is 1. The van der Waals surface area contributed by atoms with Gasteiger partial charge < -0.3 is 4.90 Å². The maximum absolute atomic E-state index is 13.7. The molecule has 3 nitrogen and oxygen atoms in total. The molecular weight excluding hydrogens is 326 g/mol. The lowest BCUT2D eigenvalue weighted by Gasteiger charge is -2.25. The molecule has 0 aliphatic carbocycles. The molecule has 2 heterocycles. The van der Waals surface area contributed by atoms with Crippen LogP contribution in [0.2, 0.25) is 10.2 Å². The summed E-state index contributed by atoms with van der Waals surface area (Å²) in [6.07, 6.45) is 3.56. The molecule has 2 aromatic rings. The molecule has 0 unspecified atom stereocenters. The molecule has 0 radical (unpaired) electrons. The van der Waals surface area contributed by atoms with Gasteiger partial charge in [0.05, 0.1) is 17.9 Å². The first-order chi connectivity index (χ1) is 10.5. The predicted molar refractivity (Wildman–Crippen MR) is 86.4 cm³/mol. The third-order valence-electron chi connectivity index (χ3n) is 3.46. The summed E-state index contributed by atoms with van der Waals surface area (Å²) in [5.74, 6) is -0.774. The van der Waals surface area contributed by atoms with Gasteiger partial charge in [-0.3, -0.25) is 4.79 Å². The summed E-state index contributed by atoms with van der Waals surface area (Å²) in [6, 6.07) is 6.59. The molecule has 1 aliphatic rings. The second-order valence-electron chi connectivity index (χ2n) is 4.95. The van der Waals surface area contributed by atoms with E-state index in [1.807, 2.05) is 6.07 Å². The van der Waals surface area contributed by atoms with Crippen molar-refractivity contribution in [2.24, 2.45) is 0 Å². The van der Waals surface area contributed by atoms with Crippen LogP contribution in [0.25, 0.3) is 12.2 Å². The fourth-order valence-corrected chi connectivity index (χ4v) is 2.70. The zero-order valence-electron chi connectivity index (χ0n) is 11.6. The second-order valence-corrected chi connectivity index (χ2v) is 5.74. The standard InChI is InChI=1S/C16H11Cl2FN2O/c1-9(22)21-8-11-6-13(19)16(18)20-14(11)5-3-10-2-4-12(17)7-15(10)21/h2-7H,8H2,1H3. The van der Waals surface area contributed by atoms with Crippen LogP contribution < -0.4 is 4.90 Å². The number of benzene rings is 1. The molecule has 0 spiro atoms. The van der Waals surface area contributed by atoms with E-state index in [0.29, 0.717) is 22.0 Å². The van der Waals surface area contributed by atoms with Crippen LogP contribution in [0, 0.1) is 5.82 Å². The zero-order chi connectivity index (χ0) is 15.9. The summed E-state index contributed by atoms with van der Waals surface area (Å²) < 4.78 is 13.7. The Morgan fingerprint density at radius 3 is 2.77 bits per heavy atom. The highest BCUT2D eigenvalue weighted by atomic mass is 35.5. The van der Waals surface area contributed by atoms with Gasteiger partial charge in [-0.15, -0.1) is 0 Å². The van der Waals surface area contributed by atoms with Crippen LogP contribution in [0.3, 0.4) is 0 Å². The number of rotatable bonds is 0. The highest BCUT2D eigenvalue weighted by molar-refractivity contribution is 6.31. The number of anilines is 1. The third kappa shape index (κ3) is 2.72. The van der Waals surface area contributed by atoms with Crippen LogP contribution in [-0.2, 0) is 11.3 Å². The smallest absolute Gasteiger partial charge is 0.224 e. The van der Waals surface area contributed by atoms with Crippen molar-refractivity contribution in [3.05, 3.63) is 57.1 Å². The van der Waals surface area contributed by atoms with E-state index in [9.17, 15) is 9.18 Å². The van der Waals surface area contributed by atoms with Gasteiger partial charge in [0.2, 0.25) is 5.91 Å². The van der Waals surface area contributed by atoms with Crippen LogP contribution >= 0.6 is 23.2 Å². The quantitative estimate of drug-likeness (QED) is 0.660. The molecule has 6 heteroatoms. The lowest BCUT2D eigenvalue weighted by atomic mass is 10.0. The normalized spacial score (nSPS) is 13.2. The van der Waals surface area contributed by atoms with Gasteiger partial charge in [0.25, 0.3) is 0 Å². The van der Waals surface area contributed by atoms with Crippen molar-refractivity contribution in [3.63, 3.8) is 0 Å². The molecule has 0 saturated carbocycles. The molecular formula is C16H11Cl2FN2O. The first-order valence-electron chi connectivity index (χ1n) is 6.56. The Morgan fingerprint density at radius 2 is 2.05 bits per heavy atom. The van der Waals surface area contributed by atoms with Gasteiger partial charge in [-0.05, 0) is 29.8 Å². The highest BCUT2D eigenvalue weighted by Gasteiger charge is 2.20. The molecule has 0 fully saturated rings. The van der Waals surface area contributed by atoms with Crippen molar-refractivity contribution in [3.8, 4) is 0 Å². The number of hydrogen-bond acceptors (Lipinski definition) is 2. The first kappa shape index (κ1) is 15.0. The van der Waals surface area contributed by atoms with E-state index in [0.717, 1.165) is 5.56 Å². The summed E-state index contributed by atoms with van der Waals surface area (Å²) >= 11 is 11.8. The highest BCUT2D eigenvalue weighted by Crippen LogP contribution is 2.31. The molecule has 0 N–H and O–H groups in total. The maximum Gasteiger partial charge on any atom is 0.224 e. The van der Waals surface area contributed by atoms with Gasteiger partial charge in [0.1, 0.15) is 0 Å². The molecule has 1 aliphatic heterocycles. The van der Waals surface area contributed by atoms with Crippen LogP contribution in [0.5, 0.6) is 0 Å². The van der Waals surface area contributed by atoms with Crippen molar-refractivity contribution >= 4 is 46.9 Å². The third-order valence-corrected chi connectivity index (χ3v) is 3.96. The Kier molecular flexibility index (Phi) is 3.89. The maximum atomic E-state index is 13.7. The molecule has 3 rings (SSSR count). The largest absolute Gasteiger partial charge is 0.308 e. The molecule has 0 bridgehead atoms. The Bertz CT molecular complexity index is 805. The molecule has 112 valence electrons. The summed E-state index contributed by atoms with van der Waals surface area (Å²) in [5.41, 5.74) is 2.63. The van der Waals surface area contributed by atoms with Crippen LogP contribution in [-0.4, -0.2) is 10.9 Å². The van der Waals surface area contributed by atoms with Crippen molar-refractivity contribution < 1.29 is 9.18 Å². The van der Waals surface area contributed by atoms with E-state index in [4.69, 9.17) is 23.2 Å². The van der Waals surface area contributed by atoms with Gasteiger partial charge in [0, 0.05) is 17.5 Å². The fourth-order valence-electron chi connectivity index (χ4n) is 2.39. The molecule has 0 atom stereocenters. The van der Waals surface area contributed by atoms with Crippen LogP contribution in [0.15, 0.2) is 24.3 Å². The van der Waals surface area contributed by atoms with Crippen LogP contribution in [0.1, 0.15) is 23.7 Å². The van der Waals surface area contributed by atoms with Gasteiger partial charge in [-0.1, -0.05) is 35.3 Å². The average molecular weight is 337 g/mol. The van der Waals surface area contributed by atoms with Gasteiger partial charge >= 0.3 is 0 Å². The molecule has 1 aromatic carbocycles. The summed E-state index contributed by atoms with van der Waals surface area (Å²) in [6.45, 7) is 1.65. The summed E-state index contributed by atoms with van der Waals surface area (Å²) in [4.78, 5) is 17.6. The minimum absolute atomic E-state index is 0.167. The van der Waals surface area contributed by atoms with Crippen molar-refractivity contribution in [2.75, 3.05) is 4.90 Å². The van der Waals surface area contributed by atoms with Crippen molar-refractivity contribution in [2.45, 2.75) is 13.5 Å². The van der Waals surface area contributed by atoms with Gasteiger partial charge in [-0.25, -0.2) is 9.37 Å². The van der Waals surface area contributed by atoms with E-state index in [1.165, 1.54) is 13.0 Å². The minimum atomic E-state index is -0.607. The molecule has 1 aromatic heterocycles. The van der Waals surface area contributed by atoms with Crippen molar-refractivity contribution in [1.82, 2.24) is 4.98 Å². The molecule has 22 heavy (non-hydrogen) atoms. The Hall–Kier alpha value is -1.91. The van der Waals surface area contributed by atoms with E-state index in [2.05, 4.69) is 4.98 Å². The minimum Gasteiger partial charge on any atom is -0.308 e. The van der Waals surface area contributed by atoms with Gasteiger partial charge in [0.15, 0.2) is 11.0 Å². The number of halogens is 3. The second kappa shape index (κ2) is 5.71. The molecule has 1 amide bonds.